The van der Waals surface area contributed by atoms with Crippen molar-refractivity contribution in [2.24, 2.45) is 5.92 Å². The molecule has 2 fully saturated rings. The van der Waals surface area contributed by atoms with Crippen molar-refractivity contribution >= 4 is 12.0 Å². The number of alkyl halides is 3. The van der Waals surface area contributed by atoms with E-state index in [9.17, 15) is 28.2 Å². The summed E-state index contributed by atoms with van der Waals surface area (Å²) in [4.78, 5) is 17.4. The number of likely N-dealkylation sites (N-methyl/N-ethyl adjacent to an activating group) is 1. The van der Waals surface area contributed by atoms with Crippen molar-refractivity contribution in [2.45, 2.75) is 68.2 Å². The molecule has 224 valence electrons. The van der Waals surface area contributed by atoms with Crippen LogP contribution < -0.4 is 9.47 Å². The summed E-state index contributed by atoms with van der Waals surface area (Å²) in [6, 6.07) is 8.39. The van der Waals surface area contributed by atoms with E-state index in [1.54, 1.807) is 24.1 Å². The van der Waals surface area contributed by atoms with E-state index in [0.29, 0.717) is 50.1 Å². The number of phenolic OH excluding ortho intramolecular Hbond substituents is 1. The highest BCUT2D eigenvalue weighted by Gasteiger charge is 2.75. The number of rotatable bonds is 7. The minimum Gasteiger partial charge on any atom is -0.504 e. The minimum absolute atomic E-state index is 0.0217. The Hall–Kier alpha value is -3.50. The number of aliphatic hydroxyl groups is 1. The highest BCUT2D eigenvalue weighted by Crippen LogP contribution is 2.67. The molecule has 1 saturated heterocycles. The van der Waals surface area contributed by atoms with Crippen molar-refractivity contribution in [3.63, 3.8) is 0 Å². The summed E-state index contributed by atoms with van der Waals surface area (Å²) in [6.07, 6.45) is 1.64. The van der Waals surface area contributed by atoms with Crippen molar-refractivity contribution in [1.29, 1.82) is 0 Å². The van der Waals surface area contributed by atoms with E-state index in [1.807, 2.05) is 12.1 Å². The Labute approximate surface area is 242 Å². The van der Waals surface area contributed by atoms with Gasteiger partial charge in [-0.1, -0.05) is 37.6 Å². The number of likely N-dealkylation sites (tertiary alicyclic amines) is 1. The number of hydrogen-bond donors (Lipinski definition) is 2. The molecule has 2 aliphatic carbocycles. The molecule has 2 aliphatic heterocycles. The maximum Gasteiger partial charge on any atom is 0.573 e. The van der Waals surface area contributed by atoms with E-state index >= 15 is 0 Å². The number of piperidine rings is 1. The van der Waals surface area contributed by atoms with E-state index < -0.39 is 29.5 Å². The van der Waals surface area contributed by atoms with Crippen LogP contribution in [-0.4, -0.2) is 76.2 Å². The summed E-state index contributed by atoms with van der Waals surface area (Å²) in [5, 5.41) is 23.8. The number of carbonyl (C=O) groups excluding carboxylic acids is 1. The van der Waals surface area contributed by atoms with Gasteiger partial charge in [0.05, 0.1) is 17.1 Å². The normalized spacial score (nSPS) is 31.4. The van der Waals surface area contributed by atoms with Gasteiger partial charge in [-0.25, -0.2) is 0 Å². The lowest BCUT2D eigenvalue weighted by molar-refractivity contribution is -0.274. The summed E-state index contributed by atoms with van der Waals surface area (Å²) in [5.41, 5.74) is 0.326. The Morgan fingerprint density at radius 3 is 2.81 bits per heavy atom. The van der Waals surface area contributed by atoms with E-state index in [1.165, 1.54) is 30.4 Å². The number of carbonyl (C=O) groups is 1. The second-order valence-corrected chi connectivity index (χ2v) is 11.8. The fourth-order valence-corrected chi connectivity index (χ4v) is 8.33. The smallest absolute Gasteiger partial charge is 0.504 e. The number of benzene rings is 2. The van der Waals surface area contributed by atoms with Crippen molar-refractivity contribution in [3.8, 4) is 17.2 Å². The van der Waals surface area contributed by atoms with Crippen LogP contribution in [0, 0.1) is 5.92 Å². The van der Waals surface area contributed by atoms with E-state index in [2.05, 4.69) is 23.1 Å². The molecule has 2 N–H and O–H groups in total. The van der Waals surface area contributed by atoms with E-state index in [4.69, 9.17) is 4.74 Å². The molecule has 4 aliphatic rings. The highest BCUT2D eigenvalue weighted by molar-refractivity contribution is 5.92. The molecule has 2 bridgehead atoms. The maximum absolute atomic E-state index is 13.5. The molecule has 6 rings (SSSR count). The number of hydrogen-bond acceptors (Lipinski definition) is 6. The Bertz CT molecular complexity index is 1440. The van der Waals surface area contributed by atoms with Crippen LogP contribution in [0.2, 0.25) is 0 Å². The van der Waals surface area contributed by atoms with Gasteiger partial charge in [-0.2, -0.15) is 0 Å². The van der Waals surface area contributed by atoms with Gasteiger partial charge in [-0.15, -0.1) is 19.8 Å². The van der Waals surface area contributed by atoms with Gasteiger partial charge >= 0.3 is 6.36 Å². The molecule has 1 amide bonds. The average molecular weight is 585 g/mol. The fraction of sp³-hybridized carbons (Fsp3) is 0.469. The lowest BCUT2D eigenvalue weighted by Crippen LogP contribution is -2.80. The van der Waals surface area contributed by atoms with Crippen LogP contribution >= 0.6 is 0 Å². The van der Waals surface area contributed by atoms with Crippen molar-refractivity contribution in [3.05, 3.63) is 71.8 Å². The molecule has 2 aromatic rings. The number of aromatic hydroxyl groups is 1. The minimum atomic E-state index is -4.82. The molecule has 6 atom stereocenters. The first kappa shape index (κ1) is 28.6. The maximum atomic E-state index is 13.5. The van der Waals surface area contributed by atoms with Gasteiger partial charge in [-0.3, -0.25) is 9.69 Å². The van der Waals surface area contributed by atoms with E-state index in [0.717, 1.165) is 11.1 Å². The van der Waals surface area contributed by atoms with Crippen LogP contribution in [-0.2, 0) is 16.6 Å². The number of nitrogens with zero attached hydrogens (tertiary/aromatic N) is 2. The van der Waals surface area contributed by atoms with Gasteiger partial charge in [0.2, 0.25) is 5.91 Å². The molecule has 1 saturated carbocycles. The molecule has 2 aromatic carbocycles. The topological polar surface area (TPSA) is 82.5 Å². The number of amides is 1. The first-order valence-electron chi connectivity index (χ1n) is 14.3. The quantitative estimate of drug-likeness (QED) is 0.359. The summed E-state index contributed by atoms with van der Waals surface area (Å²) in [6.45, 7) is 7.34. The van der Waals surface area contributed by atoms with Gasteiger partial charge < -0.3 is 24.6 Å². The molecule has 3 unspecified atom stereocenters. The zero-order chi connectivity index (χ0) is 30.0. The Kier molecular flexibility index (Phi) is 6.85. The van der Waals surface area contributed by atoms with Gasteiger partial charge in [0.1, 0.15) is 11.9 Å². The SMILES string of the molecule is C=CCN1CC[C@]23c4c5ccc(O)c4OC2C(N(C)C(=O)/C=C/c2cccc(OC(F)(F)F)c2)CC(CC)[C@@]3(O)[C@H]1C5. The van der Waals surface area contributed by atoms with Gasteiger partial charge in [0, 0.05) is 31.3 Å². The van der Waals surface area contributed by atoms with Crippen LogP contribution in [0.5, 0.6) is 17.2 Å². The lowest BCUT2D eigenvalue weighted by Gasteiger charge is -2.67. The first-order chi connectivity index (χ1) is 19.9. The molecular formula is C32H35F3N2O5. The molecule has 1 spiro atoms. The zero-order valence-electron chi connectivity index (χ0n) is 23.6. The average Bonchev–Trinajstić information content (AvgIpc) is 3.29. The lowest BCUT2D eigenvalue weighted by atomic mass is 9.45. The zero-order valence-corrected chi connectivity index (χ0v) is 23.6. The predicted octanol–water partition coefficient (Wildman–Crippen LogP) is 4.81. The standard InChI is InChI=1S/C32H35F3N2O5/c1-4-14-37-15-13-30-27-20-10-11-24(38)28(27)41-29(30)23(18-21(5-2)31(30,40)25(37)17-20)36(3)26(39)12-9-19-7-6-8-22(16-19)42-32(33,34)35/h4,6-12,16,21,23,25,29,38,40H,1,5,13-15,17-18H2,2-3H3/b12-9+/t21?,23?,25-,29?,30+,31-/m1/s1. The van der Waals surface area contributed by atoms with Crippen LogP contribution in [0.15, 0.2) is 55.1 Å². The largest absolute Gasteiger partial charge is 0.573 e. The fourth-order valence-electron chi connectivity index (χ4n) is 8.33. The molecule has 2 heterocycles. The molecule has 0 aromatic heterocycles. The monoisotopic (exact) mass is 584 g/mol. The summed E-state index contributed by atoms with van der Waals surface area (Å²) >= 11 is 0. The first-order valence-corrected chi connectivity index (χ1v) is 14.3. The highest BCUT2D eigenvalue weighted by atomic mass is 19.4. The number of ether oxygens (including phenoxy) is 2. The predicted molar refractivity (Wildman–Crippen MR) is 150 cm³/mol. The Morgan fingerprint density at radius 2 is 2.10 bits per heavy atom. The van der Waals surface area contributed by atoms with Gasteiger partial charge in [0.15, 0.2) is 11.5 Å². The third kappa shape index (κ3) is 4.13. The summed E-state index contributed by atoms with van der Waals surface area (Å²) < 4.78 is 48.6. The van der Waals surface area contributed by atoms with Crippen molar-refractivity contribution in [1.82, 2.24) is 9.80 Å². The van der Waals surface area contributed by atoms with Crippen molar-refractivity contribution in [2.75, 3.05) is 20.1 Å². The Balaban J connectivity index is 1.36. The number of halogens is 3. The van der Waals surface area contributed by atoms with Crippen LogP contribution in [0.25, 0.3) is 6.08 Å². The Morgan fingerprint density at radius 1 is 1.31 bits per heavy atom. The number of phenols is 1. The van der Waals surface area contributed by atoms with Crippen LogP contribution in [0.4, 0.5) is 13.2 Å². The summed E-state index contributed by atoms with van der Waals surface area (Å²) in [7, 11) is 1.69. The van der Waals surface area contributed by atoms with Crippen LogP contribution in [0.1, 0.15) is 42.9 Å². The van der Waals surface area contributed by atoms with Gasteiger partial charge in [0.25, 0.3) is 0 Å². The molecular weight excluding hydrogens is 549 g/mol. The third-order valence-corrected chi connectivity index (χ3v) is 9.98. The summed E-state index contributed by atoms with van der Waals surface area (Å²) in [5.74, 6) is -0.458. The molecule has 10 heteroatoms. The second kappa shape index (κ2) is 10.1. The van der Waals surface area contributed by atoms with Gasteiger partial charge in [-0.05, 0) is 67.1 Å². The van der Waals surface area contributed by atoms with Crippen LogP contribution in [0.3, 0.4) is 0 Å². The third-order valence-electron chi connectivity index (χ3n) is 9.98. The second-order valence-electron chi connectivity index (χ2n) is 11.8. The molecule has 0 radical (unpaired) electrons. The van der Waals surface area contributed by atoms with E-state index in [-0.39, 0.29) is 29.4 Å². The van der Waals surface area contributed by atoms with Crippen molar-refractivity contribution < 1.29 is 37.7 Å². The molecule has 7 nitrogen and oxygen atoms in total. The molecule has 42 heavy (non-hydrogen) atoms.